The third kappa shape index (κ3) is 4.82. The number of aliphatic hydroxyl groups is 2. The van der Waals surface area contributed by atoms with Crippen LogP contribution in [0.2, 0.25) is 0 Å². The van der Waals surface area contributed by atoms with Gasteiger partial charge >= 0.3 is 11.9 Å². The smallest absolute Gasteiger partial charge is 0.336 e. The van der Waals surface area contributed by atoms with Crippen LogP contribution in [-0.4, -0.2) is 45.6 Å². The minimum Gasteiger partial charge on any atom is -0.478 e. The van der Waals surface area contributed by atoms with Crippen LogP contribution in [0.4, 0.5) is 0 Å². The monoisotopic (exact) mass is 310 g/mol. The van der Waals surface area contributed by atoms with Gasteiger partial charge in [0.1, 0.15) is 0 Å². The van der Waals surface area contributed by atoms with E-state index >= 15 is 0 Å². The summed E-state index contributed by atoms with van der Waals surface area (Å²) in [5.41, 5.74) is -0.506. The maximum Gasteiger partial charge on any atom is 0.336 e. The molecule has 122 valence electrons. The minimum atomic E-state index is -1.23. The SMILES string of the molecule is O=C(O)c1ccccc1C(=O)O.OCC1(CO)CCCCC1. The summed E-state index contributed by atoms with van der Waals surface area (Å²) in [5, 5.41) is 35.1. The van der Waals surface area contributed by atoms with Crippen LogP contribution in [0.25, 0.3) is 0 Å². The van der Waals surface area contributed by atoms with Gasteiger partial charge in [0, 0.05) is 5.41 Å². The summed E-state index contributed by atoms with van der Waals surface area (Å²) in [4.78, 5) is 20.9. The highest BCUT2D eigenvalue weighted by Gasteiger charge is 2.30. The van der Waals surface area contributed by atoms with Gasteiger partial charge in [-0.3, -0.25) is 0 Å². The number of carbonyl (C=O) groups is 2. The molecule has 1 aliphatic carbocycles. The second-order valence-electron chi connectivity index (χ2n) is 5.53. The Morgan fingerprint density at radius 3 is 1.55 bits per heavy atom. The highest BCUT2D eigenvalue weighted by Crippen LogP contribution is 2.34. The molecule has 6 heteroatoms. The van der Waals surface area contributed by atoms with Crippen molar-refractivity contribution in [1.29, 1.82) is 0 Å². The summed E-state index contributed by atoms with van der Waals surface area (Å²) < 4.78 is 0. The minimum absolute atomic E-state index is 0.127. The lowest BCUT2D eigenvalue weighted by Crippen LogP contribution is -2.31. The number of benzene rings is 1. The van der Waals surface area contributed by atoms with Crippen molar-refractivity contribution in [2.24, 2.45) is 5.41 Å². The topological polar surface area (TPSA) is 115 Å². The van der Waals surface area contributed by atoms with Crippen LogP contribution < -0.4 is 0 Å². The molecule has 1 aromatic carbocycles. The van der Waals surface area contributed by atoms with Crippen LogP contribution in [0.3, 0.4) is 0 Å². The Morgan fingerprint density at radius 1 is 0.864 bits per heavy atom. The van der Waals surface area contributed by atoms with E-state index in [1.165, 1.54) is 43.5 Å². The number of hydrogen-bond donors (Lipinski definition) is 4. The number of carboxylic acid groups (broad SMARTS) is 2. The molecule has 1 saturated carbocycles. The average molecular weight is 310 g/mol. The summed E-state index contributed by atoms with van der Waals surface area (Å²) in [6, 6.07) is 5.48. The molecule has 0 aliphatic heterocycles. The molecular formula is C16H22O6. The number of rotatable bonds is 4. The molecule has 0 spiro atoms. The lowest BCUT2D eigenvalue weighted by Gasteiger charge is -2.33. The summed E-state index contributed by atoms with van der Waals surface area (Å²) >= 11 is 0. The Balaban J connectivity index is 0.000000224. The van der Waals surface area contributed by atoms with Crippen molar-refractivity contribution in [3.63, 3.8) is 0 Å². The van der Waals surface area contributed by atoms with Crippen molar-refractivity contribution in [3.05, 3.63) is 35.4 Å². The third-order valence-electron chi connectivity index (χ3n) is 3.97. The maximum atomic E-state index is 10.5. The van der Waals surface area contributed by atoms with Crippen molar-refractivity contribution in [2.45, 2.75) is 32.1 Å². The first-order valence-corrected chi connectivity index (χ1v) is 7.23. The van der Waals surface area contributed by atoms with E-state index in [-0.39, 0.29) is 29.8 Å². The lowest BCUT2D eigenvalue weighted by atomic mass is 9.75. The van der Waals surface area contributed by atoms with Crippen molar-refractivity contribution >= 4 is 11.9 Å². The predicted octanol–water partition coefficient (Wildman–Crippen LogP) is 2.00. The number of aromatic carboxylic acids is 2. The van der Waals surface area contributed by atoms with E-state index in [1.807, 2.05) is 0 Å². The Bertz CT molecular complexity index is 466. The maximum absolute atomic E-state index is 10.5. The highest BCUT2D eigenvalue weighted by molar-refractivity contribution is 6.01. The number of aliphatic hydroxyl groups excluding tert-OH is 2. The van der Waals surface area contributed by atoms with Crippen molar-refractivity contribution < 1.29 is 30.0 Å². The predicted molar refractivity (Wildman–Crippen MR) is 80.1 cm³/mol. The van der Waals surface area contributed by atoms with E-state index in [0.717, 1.165) is 12.8 Å². The standard InChI is InChI=1S/C8H6O4.C8H16O2/c9-7(10)5-3-1-2-4-6(5)8(11)12;9-6-8(7-10)4-2-1-3-5-8/h1-4H,(H,9,10)(H,11,12);9-10H,1-7H2. The Labute approximate surface area is 129 Å². The molecule has 0 atom stereocenters. The van der Waals surface area contributed by atoms with E-state index in [1.54, 1.807) is 0 Å². The van der Waals surface area contributed by atoms with Crippen LogP contribution in [0.5, 0.6) is 0 Å². The molecule has 0 unspecified atom stereocenters. The Morgan fingerprint density at radius 2 is 1.27 bits per heavy atom. The molecule has 0 saturated heterocycles. The van der Waals surface area contributed by atoms with Crippen molar-refractivity contribution in [1.82, 2.24) is 0 Å². The van der Waals surface area contributed by atoms with E-state index in [9.17, 15) is 9.59 Å². The Hall–Kier alpha value is -1.92. The van der Waals surface area contributed by atoms with Crippen LogP contribution in [0.1, 0.15) is 52.8 Å². The van der Waals surface area contributed by atoms with Gasteiger partial charge in [0.15, 0.2) is 0 Å². The van der Waals surface area contributed by atoms with Crippen LogP contribution >= 0.6 is 0 Å². The highest BCUT2D eigenvalue weighted by atomic mass is 16.4. The molecule has 1 aromatic rings. The number of carboxylic acids is 2. The van der Waals surface area contributed by atoms with E-state index < -0.39 is 11.9 Å². The van der Waals surface area contributed by atoms with Gasteiger partial charge in [-0.2, -0.15) is 0 Å². The fourth-order valence-corrected chi connectivity index (χ4v) is 2.52. The first-order valence-electron chi connectivity index (χ1n) is 7.23. The van der Waals surface area contributed by atoms with E-state index in [4.69, 9.17) is 20.4 Å². The van der Waals surface area contributed by atoms with Gasteiger partial charge in [0.25, 0.3) is 0 Å². The zero-order valence-electron chi connectivity index (χ0n) is 12.4. The molecule has 4 N–H and O–H groups in total. The summed E-state index contributed by atoms with van der Waals surface area (Å²) in [6.07, 6.45) is 5.60. The first-order chi connectivity index (χ1) is 10.5. The molecule has 6 nitrogen and oxygen atoms in total. The quantitative estimate of drug-likeness (QED) is 0.676. The lowest BCUT2D eigenvalue weighted by molar-refractivity contribution is 0.0234. The van der Waals surface area contributed by atoms with Gasteiger partial charge in [-0.1, -0.05) is 31.4 Å². The zero-order chi connectivity index (χ0) is 16.6. The normalized spacial score (nSPS) is 16.3. The van der Waals surface area contributed by atoms with E-state index in [2.05, 4.69) is 0 Å². The van der Waals surface area contributed by atoms with Gasteiger partial charge in [-0.05, 0) is 25.0 Å². The van der Waals surface area contributed by atoms with Gasteiger partial charge < -0.3 is 20.4 Å². The molecule has 2 rings (SSSR count). The fraction of sp³-hybridized carbons (Fsp3) is 0.500. The second kappa shape index (κ2) is 8.51. The summed E-state index contributed by atoms with van der Waals surface area (Å²) in [6.45, 7) is 0.312. The number of hydrogen-bond acceptors (Lipinski definition) is 4. The van der Waals surface area contributed by atoms with E-state index in [0.29, 0.717) is 0 Å². The first kappa shape index (κ1) is 18.1. The molecule has 1 aliphatic rings. The van der Waals surface area contributed by atoms with Crippen LogP contribution in [-0.2, 0) is 0 Å². The van der Waals surface area contributed by atoms with Crippen LogP contribution in [0.15, 0.2) is 24.3 Å². The molecular weight excluding hydrogens is 288 g/mol. The molecule has 0 aromatic heterocycles. The zero-order valence-corrected chi connectivity index (χ0v) is 12.4. The summed E-state index contributed by atoms with van der Waals surface area (Å²) in [5.74, 6) is -2.46. The van der Waals surface area contributed by atoms with Crippen molar-refractivity contribution in [2.75, 3.05) is 13.2 Å². The Kier molecular flexibility index (Phi) is 7.01. The van der Waals surface area contributed by atoms with Gasteiger partial charge in [0.05, 0.1) is 24.3 Å². The van der Waals surface area contributed by atoms with Gasteiger partial charge in [-0.25, -0.2) is 9.59 Å². The van der Waals surface area contributed by atoms with Gasteiger partial charge in [0.2, 0.25) is 0 Å². The molecule has 0 heterocycles. The summed E-state index contributed by atoms with van der Waals surface area (Å²) in [7, 11) is 0. The molecule has 1 fully saturated rings. The van der Waals surface area contributed by atoms with Crippen molar-refractivity contribution in [3.8, 4) is 0 Å². The molecule has 0 bridgehead atoms. The largest absolute Gasteiger partial charge is 0.478 e. The second-order valence-corrected chi connectivity index (χ2v) is 5.53. The third-order valence-corrected chi connectivity index (χ3v) is 3.97. The molecule has 22 heavy (non-hydrogen) atoms. The average Bonchev–Trinajstić information content (AvgIpc) is 2.56. The molecule has 0 radical (unpaired) electrons. The van der Waals surface area contributed by atoms with Gasteiger partial charge in [-0.15, -0.1) is 0 Å². The van der Waals surface area contributed by atoms with Crippen LogP contribution in [0, 0.1) is 5.41 Å². The molecule has 0 amide bonds. The fourth-order valence-electron chi connectivity index (χ4n) is 2.52.